The van der Waals surface area contributed by atoms with Crippen molar-refractivity contribution < 1.29 is 9.53 Å². The Balaban J connectivity index is 2.31. The highest BCUT2D eigenvalue weighted by molar-refractivity contribution is 6.30. The van der Waals surface area contributed by atoms with Crippen LogP contribution < -0.4 is 5.56 Å². The number of esters is 1. The van der Waals surface area contributed by atoms with E-state index in [0.717, 1.165) is 5.69 Å². The van der Waals surface area contributed by atoms with Crippen molar-refractivity contribution >= 4 is 28.6 Å². The topological polar surface area (TPSA) is 77.0 Å². The molecule has 23 heavy (non-hydrogen) atoms. The van der Waals surface area contributed by atoms with Gasteiger partial charge in [0.25, 0.3) is 5.56 Å². The van der Waals surface area contributed by atoms with Crippen molar-refractivity contribution in [3.8, 4) is 11.4 Å². The number of carbonyl (C=O) groups excluding carboxylic acids is 1. The molecule has 0 amide bonds. The fourth-order valence-electron chi connectivity index (χ4n) is 2.42. The molecular formula is C16H14ClN3O3. The van der Waals surface area contributed by atoms with Crippen LogP contribution in [0.4, 0.5) is 0 Å². The zero-order chi connectivity index (χ0) is 16.6. The molecule has 1 N–H and O–H groups in total. The van der Waals surface area contributed by atoms with Gasteiger partial charge in [0.1, 0.15) is 18.0 Å². The van der Waals surface area contributed by atoms with Crippen LogP contribution in [0.15, 0.2) is 35.1 Å². The van der Waals surface area contributed by atoms with Gasteiger partial charge in [0, 0.05) is 16.3 Å². The number of aryl methyl sites for hydroxylation is 1. The lowest BCUT2D eigenvalue weighted by Crippen LogP contribution is -2.27. The average Bonchev–Trinajstić information content (AvgIpc) is 2.90. The van der Waals surface area contributed by atoms with E-state index >= 15 is 0 Å². The maximum absolute atomic E-state index is 12.7. The van der Waals surface area contributed by atoms with Crippen LogP contribution in [-0.4, -0.2) is 27.6 Å². The van der Waals surface area contributed by atoms with Gasteiger partial charge in [-0.2, -0.15) is 0 Å². The highest BCUT2D eigenvalue weighted by atomic mass is 35.5. The predicted octanol–water partition coefficient (Wildman–Crippen LogP) is 2.53. The van der Waals surface area contributed by atoms with Crippen molar-refractivity contribution in [3.05, 3.63) is 51.4 Å². The van der Waals surface area contributed by atoms with Crippen LogP contribution in [0.5, 0.6) is 0 Å². The molecule has 0 bridgehead atoms. The number of rotatable bonds is 3. The Labute approximate surface area is 136 Å². The number of ether oxygens (including phenoxy) is 1. The van der Waals surface area contributed by atoms with Crippen LogP contribution in [0.2, 0.25) is 5.02 Å². The van der Waals surface area contributed by atoms with E-state index in [1.165, 1.54) is 11.7 Å². The van der Waals surface area contributed by atoms with E-state index in [2.05, 4.69) is 14.7 Å². The number of H-pyrrole nitrogens is 1. The number of fused-ring (bicyclic) bond motifs is 1. The number of carbonyl (C=O) groups is 1. The van der Waals surface area contributed by atoms with E-state index in [1.807, 2.05) is 6.92 Å². The molecule has 2 heterocycles. The molecule has 0 saturated heterocycles. The first kappa shape index (κ1) is 15.3. The highest BCUT2D eigenvalue weighted by Crippen LogP contribution is 2.22. The fourth-order valence-corrected chi connectivity index (χ4v) is 2.61. The van der Waals surface area contributed by atoms with Crippen molar-refractivity contribution in [3.63, 3.8) is 0 Å². The van der Waals surface area contributed by atoms with Crippen molar-refractivity contribution in [2.75, 3.05) is 7.11 Å². The predicted molar refractivity (Wildman–Crippen MR) is 87.6 cm³/mol. The summed E-state index contributed by atoms with van der Waals surface area (Å²) in [7, 11) is 1.28. The Kier molecular flexibility index (Phi) is 3.92. The second-order valence-corrected chi connectivity index (χ2v) is 5.56. The summed E-state index contributed by atoms with van der Waals surface area (Å²) in [5.41, 5.74) is 1.63. The van der Waals surface area contributed by atoms with Gasteiger partial charge in [0.05, 0.1) is 12.5 Å². The van der Waals surface area contributed by atoms with Gasteiger partial charge in [-0.1, -0.05) is 23.7 Å². The Morgan fingerprint density at radius 1 is 1.39 bits per heavy atom. The Morgan fingerprint density at radius 2 is 2.17 bits per heavy atom. The normalized spacial score (nSPS) is 10.9. The highest BCUT2D eigenvalue weighted by Gasteiger charge is 2.17. The van der Waals surface area contributed by atoms with Crippen LogP contribution in [0, 0.1) is 6.92 Å². The number of halogens is 1. The maximum atomic E-state index is 12.7. The van der Waals surface area contributed by atoms with E-state index in [-0.39, 0.29) is 12.1 Å². The van der Waals surface area contributed by atoms with Crippen molar-refractivity contribution in [2.45, 2.75) is 13.5 Å². The fraction of sp³-hybridized carbons (Fsp3) is 0.188. The lowest BCUT2D eigenvalue weighted by Gasteiger charge is -2.11. The van der Waals surface area contributed by atoms with Crippen LogP contribution in [0.25, 0.3) is 22.4 Å². The third-order valence-corrected chi connectivity index (χ3v) is 3.71. The van der Waals surface area contributed by atoms with E-state index in [9.17, 15) is 9.59 Å². The zero-order valence-electron chi connectivity index (χ0n) is 12.6. The number of aromatic nitrogens is 3. The smallest absolute Gasteiger partial charge is 0.325 e. The van der Waals surface area contributed by atoms with E-state index in [4.69, 9.17) is 11.6 Å². The second-order valence-electron chi connectivity index (χ2n) is 5.13. The number of hydrogen-bond donors (Lipinski definition) is 1. The second kappa shape index (κ2) is 5.89. The number of aromatic amines is 1. The molecule has 0 aliphatic carbocycles. The first-order chi connectivity index (χ1) is 11.0. The van der Waals surface area contributed by atoms with Crippen molar-refractivity contribution in [1.29, 1.82) is 0 Å². The maximum Gasteiger partial charge on any atom is 0.325 e. The average molecular weight is 332 g/mol. The van der Waals surface area contributed by atoms with Crippen LogP contribution >= 0.6 is 11.6 Å². The van der Waals surface area contributed by atoms with Gasteiger partial charge in [-0.3, -0.25) is 14.2 Å². The number of methoxy groups -OCH3 is 1. The molecule has 0 aliphatic rings. The van der Waals surface area contributed by atoms with Crippen LogP contribution in [0.1, 0.15) is 5.69 Å². The lowest BCUT2D eigenvalue weighted by molar-refractivity contribution is -0.141. The number of hydrogen-bond acceptors (Lipinski definition) is 4. The monoisotopic (exact) mass is 331 g/mol. The Morgan fingerprint density at radius 3 is 2.87 bits per heavy atom. The lowest BCUT2D eigenvalue weighted by atomic mass is 10.2. The summed E-state index contributed by atoms with van der Waals surface area (Å²) in [6.07, 6.45) is 0. The first-order valence-corrected chi connectivity index (χ1v) is 7.30. The summed E-state index contributed by atoms with van der Waals surface area (Å²) in [4.78, 5) is 32.0. The molecule has 3 rings (SSSR count). The summed E-state index contributed by atoms with van der Waals surface area (Å²) in [6.45, 7) is 1.62. The molecule has 0 radical (unpaired) electrons. The molecule has 0 fully saturated rings. The van der Waals surface area contributed by atoms with Gasteiger partial charge in [0.15, 0.2) is 0 Å². The van der Waals surface area contributed by atoms with Gasteiger partial charge in [-0.25, -0.2) is 4.98 Å². The van der Waals surface area contributed by atoms with Gasteiger partial charge in [0.2, 0.25) is 0 Å². The molecule has 3 aromatic rings. The van der Waals surface area contributed by atoms with Gasteiger partial charge in [-0.15, -0.1) is 0 Å². The summed E-state index contributed by atoms with van der Waals surface area (Å²) >= 11 is 6.03. The van der Waals surface area contributed by atoms with E-state index in [0.29, 0.717) is 27.4 Å². The molecule has 118 valence electrons. The van der Waals surface area contributed by atoms with Crippen molar-refractivity contribution in [1.82, 2.24) is 14.5 Å². The van der Waals surface area contributed by atoms with Gasteiger partial charge in [-0.05, 0) is 25.1 Å². The minimum Gasteiger partial charge on any atom is -0.468 e. The first-order valence-electron chi connectivity index (χ1n) is 6.92. The molecule has 2 aromatic heterocycles. The van der Waals surface area contributed by atoms with E-state index in [1.54, 1.807) is 30.3 Å². The summed E-state index contributed by atoms with van der Waals surface area (Å²) < 4.78 is 5.98. The molecular weight excluding hydrogens is 318 g/mol. The standard InChI is InChI=1S/C16H14ClN3O3/c1-9-6-12-14(18-9)19-15(10-4-3-5-11(17)7-10)20(16(12)22)8-13(21)23-2/h3-7,18H,8H2,1-2H3. The minimum absolute atomic E-state index is 0.218. The van der Waals surface area contributed by atoms with Crippen LogP contribution in [-0.2, 0) is 16.1 Å². The number of benzene rings is 1. The van der Waals surface area contributed by atoms with Gasteiger partial charge < -0.3 is 9.72 Å². The van der Waals surface area contributed by atoms with E-state index < -0.39 is 5.97 Å². The number of nitrogens with one attached hydrogen (secondary N) is 1. The Bertz CT molecular complexity index is 959. The summed E-state index contributed by atoms with van der Waals surface area (Å²) in [5, 5.41) is 0.946. The molecule has 6 nitrogen and oxygen atoms in total. The molecule has 7 heteroatoms. The quantitative estimate of drug-likeness (QED) is 0.748. The molecule has 0 aliphatic heterocycles. The van der Waals surface area contributed by atoms with Crippen LogP contribution in [0.3, 0.4) is 0 Å². The third-order valence-electron chi connectivity index (χ3n) is 3.48. The summed E-state index contributed by atoms with van der Waals surface area (Å²) in [6, 6.07) is 8.67. The Hall–Kier alpha value is -2.60. The minimum atomic E-state index is -0.524. The molecule has 0 atom stereocenters. The molecule has 0 saturated carbocycles. The zero-order valence-corrected chi connectivity index (χ0v) is 13.3. The van der Waals surface area contributed by atoms with Gasteiger partial charge >= 0.3 is 5.97 Å². The van der Waals surface area contributed by atoms with Crippen molar-refractivity contribution in [2.24, 2.45) is 0 Å². The number of nitrogens with zero attached hydrogens (tertiary/aromatic N) is 2. The molecule has 0 unspecified atom stereocenters. The largest absolute Gasteiger partial charge is 0.468 e. The summed E-state index contributed by atoms with van der Waals surface area (Å²) in [5.74, 6) is -0.166. The molecule has 1 aromatic carbocycles. The third kappa shape index (κ3) is 2.85. The molecule has 0 spiro atoms. The SMILES string of the molecule is COC(=O)Cn1c(-c2cccc(Cl)c2)nc2[nH]c(C)cc2c1=O.